The highest BCUT2D eigenvalue weighted by molar-refractivity contribution is 5.93. The van der Waals surface area contributed by atoms with Crippen molar-refractivity contribution in [3.8, 4) is 0 Å². The molecule has 2 aromatic heterocycles. The summed E-state index contributed by atoms with van der Waals surface area (Å²) in [6.45, 7) is 12.7. The molecule has 5 heteroatoms. The summed E-state index contributed by atoms with van der Waals surface area (Å²) >= 11 is 0. The third-order valence-corrected chi connectivity index (χ3v) is 6.51. The van der Waals surface area contributed by atoms with E-state index in [1.807, 2.05) is 6.20 Å². The number of rotatable bonds is 3. The molecule has 0 amide bonds. The fourth-order valence-corrected chi connectivity index (χ4v) is 4.93. The highest BCUT2D eigenvalue weighted by Gasteiger charge is 2.27. The van der Waals surface area contributed by atoms with Crippen LogP contribution in [0.5, 0.6) is 0 Å². The molecule has 2 fully saturated rings. The van der Waals surface area contributed by atoms with Crippen LogP contribution in [0.25, 0.3) is 10.9 Å². The van der Waals surface area contributed by atoms with Gasteiger partial charge in [0.1, 0.15) is 0 Å². The molecule has 4 nitrogen and oxygen atoms in total. The Kier molecular flexibility index (Phi) is 6.13. The van der Waals surface area contributed by atoms with E-state index in [9.17, 15) is 0 Å². The van der Waals surface area contributed by atoms with Crippen LogP contribution in [0.15, 0.2) is 12.3 Å². The predicted octanol–water partition coefficient (Wildman–Crippen LogP) is 4.55. The lowest BCUT2D eigenvalue weighted by molar-refractivity contribution is 0.141. The van der Waals surface area contributed by atoms with Crippen LogP contribution in [0.3, 0.4) is 0 Å². The molecular formula is C21H33ClN4. The van der Waals surface area contributed by atoms with Gasteiger partial charge < -0.3 is 14.4 Å². The molecule has 0 saturated carbocycles. The second-order valence-corrected chi connectivity index (χ2v) is 7.80. The first-order chi connectivity index (χ1) is 12.2. The summed E-state index contributed by atoms with van der Waals surface area (Å²) in [5.74, 6) is 1.20. The molecule has 4 heterocycles. The van der Waals surface area contributed by atoms with Crippen molar-refractivity contribution in [1.29, 1.82) is 0 Å². The van der Waals surface area contributed by atoms with Gasteiger partial charge in [-0.1, -0.05) is 6.42 Å². The quantitative estimate of drug-likeness (QED) is 0.785. The van der Waals surface area contributed by atoms with Gasteiger partial charge in [-0.05, 0) is 71.2 Å². The number of nitrogens with zero attached hydrogens (tertiary/aromatic N) is 4. The first-order valence-corrected chi connectivity index (χ1v) is 10.1. The van der Waals surface area contributed by atoms with Gasteiger partial charge in [0, 0.05) is 43.0 Å². The molecule has 144 valence electrons. The number of fused-ring (bicyclic) bond motifs is 1. The highest BCUT2D eigenvalue weighted by Crippen LogP contribution is 2.33. The lowest BCUT2D eigenvalue weighted by Gasteiger charge is -2.40. The van der Waals surface area contributed by atoms with E-state index in [0.29, 0.717) is 0 Å². The third-order valence-electron chi connectivity index (χ3n) is 6.51. The van der Waals surface area contributed by atoms with E-state index >= 15 is 0 Å². The zero-order valence-electron chi connectivity index (χ0n) is 16.5. The van der Waals surface area contributed by atoms with Crippen molar-refractivity contribution in [3.05, 3.63) is 23.5 Å². The molecule has 0 N–H and O–H groups in total. The predicted molar refractivity (Wildman–Crippen MR) is 113 cm³/mol. The number of anilines is 1. The maximum absolute atomic E-state index is 4.82. The molecule has 2 saturated heterocycles. The molecule has 2 aliphatic heterocycles. The van der Waals surface area contributed by atoms with Crippen molar-refractivity contribution < 1.29 is 0 Å². The molecule has 0 aliphatic carbocycles. The highest BCUT2D eigenvalue weighted by atomic mass is 35.5. The smallest absolute Gasteiger partial charge is 0.153 e. The number of likely N-dealkylation sites (tertiary alicyclic amines) is 1. The normalized spacial score (nSPS) is 19.7. The van der Waals surface area contributed by atoms with Gasteiger partial charge in [-0.25, -0.2) is 4.98 Å². The number of aryl methyl sites for hydroxylation is 2. The molecule has 0 bridgehead atoms. The van der Waals surface area contributed by atoms with Crippen molar-refractivity contribution in [3.63, 3.8) is 0 Å². The van der Waals surface area contributed by atoms with Gasteiger partial charge in [-0.3, -0.25) is 0 Å². The van der Waals surface area contributed by atoms with Crippen molar-refractivity contribution in [2.24, 2.45) is 0 Å². The Morgan fingerprint density at radius 3 is 2.38 bits per heavy atom. The molecular weight excluding hydrogens is 344 g/mol. The number of hydrogen-bond acceptors (Lipinski definition) is 3. The minimum absolute atomic E-state index is 0. The zero-order valence-corrected chi connectivity index (χ0v) is 17.3. The topological polar surface area (TPSA) is 24.3 Å². The molecule has 26 heavy (non-hydrogen) atoms. The molecule has 0 spiro atoms. The molecule has 0 radical (unpaired) electrons. The average molecular weight is 377 g/mol. The Balaban J connectivity index is 0.00000196. The number of pyridine rings is 1. The van der Waals surface area contributed by atoms with Gasteiger partial charge in [0.2, 0.25) is 0 Å². The summed E-state index contributed by atoms with van der Waals surface area (Å²) in [6.07, 6.45) is 8.77. The van der Waals surface area contributed by atoms with Gasteiger partial charge in [0.25, 0.3) is 0 Å². The summed E-state index contributed by atoms with van der Waals surface area (Å²) in [7, 11) is 0. The van der Waals surface area contributed by atoms with Crippen molar-refractivity contribution in [2.45, 2.75) is 65.5 Å². The third kappa shape index (κ3) is 3.34. The SMILES string of the molecule is CCn1c(C)c(C)c2ccnc(N3CCC(N4CCCCC4)CC3)c21.Cl. The van der Waals surface area contributed by atoms with Gasteiger partial charge in [-0.2, -0.15) is 0 Å². The first-order valence-electron chi connectivity index (χ1n) is 10.1. The van der Waals surface area contributed by atoms with Gasteiger partial charge >= 0.3 is 0 Å². The summed E-state index contributed by atoms with van der Waals surface area (Å²) in [5.41, 5.74) is 4.13. The first kappa shape index (κ1) is 19.5. The van der Waals surface area contributed by atoms with Gasteiger partial charge in [0.05, 0.1) is 5.52 Å². The van der Waals surface area contributed by atoms with Crippen molar-refractivity contribution >= 4 is 29.1 Å². The lowest BCUT2D eigenvalue weighted by Crippen LogP contribution is -2.47. The van der Waals surface area contributed by atoms with E-state index in [0.717, 1.165) is 25.7 Å². The summed E-state index contributed by atoms with van der Waals surface area (Å²) in [4.78, 5) is 10.1. The molecule has 0 atom stereocenters. The minimum Gasteiger partial charge on any atom is -0.355 e. The molecule has 4 rings (SSSR count). The maximum atomic E-state index is 4.82. The van der Waals surface area contributed by atoms with Crippen molar-refractivity contribution in [1.82, 2.24) is 14.5 Å². The molecule has 2 aliphatic rings. The largest absolute Gasteiger partial charge is 0.355 e. The Morgan fingerprint density at radius 2 is 1.73 bits per heavy atom. The van der Waals surface area contributed by atoms with Gasteiger partial charge in [0.15, 0.2) is 5.82 Å². The Bertz CT molecular complexity index is 740. The second kappa shape index (κ2) is 8.18. The lowest BCUT2D eigenvalue weighted by atomic mass is 10.00. The van der Waals surface area contributed by atoms with E-state index in [2.05, 4.69) is 41.2 Å². The molecule has 2 aromatic rings. The number of piperidine rings is 2. The van der Waals surface area contributed by atoms with Crippen LogP contribution in [0.2, 0.25) is 0 Å². The Morgan fingerprint density at radius 1 is 1.04 bits per heavy atom. The Hall–Kier alpha value is -1.26. The van der Waals surface area contributed by atoms with Crippen LogP contribution in [0.4, 0.5) is 5.82 Å². The number of aromatic nitrogens is 2. The van der Waals surface area contributed by atoms with E-state index in [1.54, 1.807) is 0 Å². The summed E-state index contributed by atoms with van der Waals surface area (Å²) in [5, 5.41) is 1.38. The second-order valence-electron chi connectivity index (χ2n) is 7.80. The molecule has 0 unspecified atom stereocenters. The Labute approximate surface area is 164 Å². The van der Waals surface area contributed by atoms with E-state index in [4.69, 9.17) is 4.98 Å². The average Bonchev–Trinajstić information content (AvgIpc) is 2.93. The monoisotopic (exact) mass is 376 g/mol. The van der Waals surface area contributed by atoms with Crippen LogP contribution in [0.1, 0.15) is 50.3 Å². The van der Waals surface area contributed by atoms with Gasteiger partial charge in [-0.15, -0.1) is 12.4 Å². The molecule has 0 aromatic carbocycles. The zero-order chi connectivity index (χ0) is 17.4. The van der Waals surface area contributed by atoms with Crippen LogP contribution in [-0.2, 0) is 6.54 Å². The van der Waals surface area contributed by atoms with E-state index in [-0.39, 0.29) is 12.4 Å². The van der Waals surface area contributed by atoms with Crippen molar-refractivity contribution in [2.75, 3.05) is 31.1 Å². The van der Waals surface area contributed by atoms with Crippen LogP contribution >= 0.6 is 12.4 Å². The number of hydrogen-bond donors (Lipinski definition) is 0. The van der Waals surface area contributed by atoms with Crippen LogP contribution in [0, 0.1) is 13.8 Å². The summed E-state index contributed by atoms with van der Waals surface area (Å²) in [6, 6.07) is 2.98. The maximum Gasteiger partial charge on any atom is 0.153 e. The fourth-order valence-electron chi connectivity index (χ4n) is 4.93. The van der Waals surface area contributed by atoms with Crippen LogP contribution in [-0.4, -0.2) is 46.7 Å². The van der Waals surface area contributed by atoms with Crippen LogP contribution < -0.4 is 4.90 Å². The summed E-state index contributed by atoms with van der Waals surface area (Å²) < 4.78 is 2.45. The van der Waals surface area contributed by atoms with E-state index < -0.39 is 0 Å². The number of halogens is 1. The standard InChI is InChI=1S/C21H32N4.ClH/c1-4-25-17(3)16(2)19-8-11-22-21(20(19)25)24-14-9-18(10-15-24)23-12-6-5-7-13-23;/h8,11,18H,4-7,9-10,12-15H2,1-3H3;1H. The fraction of sp³-hybridized carbons (Fsp3) is 0.667. The van der Waals surface area contributed by atoms with E-state index in [1.165, 1.54) is 73.2 Å². The minimum atomic E-state index is 0.